The highest BCUT2D eigenvalue weighted by molar-refractivity contribution is 5.53. The molecule has 0 heterocycles. The minimum absolute atomic E-state index is 0.0106. The van der Waals surface area contributed by atoms with Gasteiger partial charge in [0.2, 0.25) is 0 Å². The summed E-state index contributed by atoms with van der Waals surface area (Å²) in [7, 11) is 0. The summed E-state index contributed by atoms with van der Waals surface area (Å²) in [6.07, 6.45) is 5.98. The molecule has 0 atom stereocenters. The Morgan fingerprint density at radius 3 is 1.46 bits per heavy atom. The fourth-order valence-electron chi connectivity index (χ4n) is 4.47. The molecule has 0 aromatic heterocycles. The summed E-state index contributed by atoms with van der Waals surface area (Å²) in [5.41, 5.74) is 6.86. The Bertz CT molecular complexity index is 709. The number of benzene rings is 2. The molecular formula is C22H28O2. The molecule has 2 N–H and O–H groups in total. The van der Waals surface area contributed by atoms with Crippen molar-refractivity contribution in [1.29, 1.82) is 0 Å². The lowest BCUT2D eigenvalue weighted by Gasteiger charge is -2.41. The molecule has 0 aliphatic heterocycles. The first-order chi connectivity index (χ1) is 11.3. The maximum Gasteiger partial charge on any atom is 0.118 e. The Balaban J connectivity index is 2.27. The van der Waals surface area contributed by atoms with Gasteiger partial charge in [-0.25, -0.2) is 0 Å². The Labute approximate surface area is 145 Å². The third kappa shape index (κ3) is 2.68. The Kier molecular flexibility index (Phi) is 4.33. The fourth-order valence-corrected chi connectivity index (χ4v) is 4.47. The van der Waals surface area contributed by atoms with E-state index in [0.717, 1.165) is 35.1 Å². The van der Waals surface area contributed by atoms with Gasteiger partial charge in [-0.2, -0.15) is 0 Å². The largest absolute Gasteiger partial charge is 0.508 e. The van der Waals surface area contributed by atoms with E-state index in [-0.39, 0.29) is 5.41 Å². The van der Waals surface area contributed by atoms with Crippen LogP contribution in [0.25, 0.3) is 0 Å². The van der Waals surface area contributed by atoms with Crippen LogP contribution in [0.3, 0.4) is 0 Å². The van der Waals surface area contributed by atoms with Crippen LogP contribution in [0.15, 0.2) is 24.3 Å². The van der Waals surface area contributed by atoms with E-state index in [0.29, 0.717) is 11.5 Å². The molecule has 1 aliphatic carbocycles. The quantitative estimate of drug-likeness (QED) is 0.757. The predicted octanol–water partition coefficient (Wildman–Crippen LogP) is 5.58. The van der Waals surface area contributed by atoms with Gasteiger partial charge >= 0.3 is 0 Å². The van der Waals surface area contributed by atoms with Crippen LogP contribution in [0.2, 0.25) is 0 Å². The van der Waals surface area contributed by atoms with Crippen molar-refractivity contribution in [2.24, 2.45) is 0 Å². The monoisotopic (exact) mass is 324 g/mol. The first kappa shape index (κ1) is 16.9. The van der Waals surface area contributed by atoms with Gasteiger partial charge in [0.05, 0.1) is 0 Å². The summed E-state index contributed by atoms with van der Waals surface area (Å²) >= 11 is 0. The summed E-state index contributed by atoms with van der Waals surface area (Å²) in [6.45, 7) is 8.16. The summed E-state index contributed by atoms with van der Waals surface area (Å²) in [5, 5.41) is 20.2. The molecule has 1 aliphatic rings. The highest BCUT2D eigenvalue weighted by atomic mass is 16.3. The van der Waals surface area contributed by atoms with E-state index in [1.54, 1.807) is 0 Å². The second kappa shape index (κ2) is 6.16. The van der Waals surface area contributed by atoms with Crippen molar-refractivity contribution in [2.75, 3.05) is 0 Å². The maximum atomic E-state index is 10.1. The molecule has 2 heteroatoms. The summed E-state index contributed by atoms with van der Waals surface area (Å²) in [6, 6.07) is 8.17. The summed E-state index contributed by atoms with van der Waals surface area (Å²) < 4.78 is 0. The van der Waals surface area contributed by atoms with Gasteiger partial charge in [-0.05, 0) is 86.1 Å². The highest BCUT2D eigenvalue weighted by Gasteiger charge is 2.38. The number of phenolic OH excluding ortho intramolecular Hbond substituents is 2. The molecule has 0 spiro atoms. The van der Waals surface area contributed by atoms with E-state index in [1.165, 1.54) is 30.4 Å². The molecule has 2 aromatic rings. The van der Waals surface area contributed by atoms with Gasteiger partial charge in [0.15, 0.2) is 0 Å². The molecular weight excluding hydrogens is 296 g/mol. The predicted molar refractivity (Wildman–Crippen MR) is 99.0 cm³/mol. The lowest BCUT2D eigenvalue weighted by Crippen LogP contribution is -2.32. The first-order valence-electron chi connectivity index (χ1n) is 8.96. The van der Waals surface area contributed by atoms with Gasteiger partial charge in [0.1, 0.15) is 11.5 Å². The number of hydrogen-bond donors (Lipinski definition) is 2. The zero-order valence-electron chi connectivity index (χ0n) is 15.2. The van der Waals surface area contributed by atoms with Crippen LogP contribution < -0.4 is 0 Å². The molecule has 2 nitrogen and oxygen atoms in total. The zero-order valence-corrected chi connectivity index (χ0v) is 15.2. The van der Waals surface area contributed by atoms with Crippen LogP contribution in [-0.2, 0) is 5.41 Å². The van der Waals surface area contributed by atoms with Crippen molar-refractivity contribution >= 4 is 0 Å². The van der Waals surface area contributed by atoms with Gasteiger partial charge in [-0.1, -0.05) is 31.4 Å². The third-order valence-electron chi connectivity index (χ3n) is 5.82. The van der Waals surface area contributed by atoms with Crippen LogP contribution in [-0.4, -0.2) is 10.2 Å². The van der Waals surface area contributed by atoms with Crippen LogP contribution in [0, 0.1) is 27.7 Å². The van der Waals surface area contributed by atoms with E-state index < -0.39 is 0 Å². The van der Waals surface area contributed by atoms with E-state index in [9.17, 15) is 10.2 Å². The van der Waals surface area contributed by atoms with Crippen LogP contribution in [0.1, 0.15) is 65.5 Å². The molecule has 1 fully saturated rings. The summed E-state index contributed by atoms with van der Waals surface area (Å²) in [5.74, 6) is 0.752. The van der Waals surface area contributed by atoms with Crippen LogP contribution >= 0.6 is 0 Å². The molecule has 24 heavy (non-hydrogen) atoms. The van der Waals surface area contributed by atoms with E-state index in [1.807, 2.05) is 26.0 Å². The molecule has 0 radical (unpaired) electrons. The molecule has 128 valence electrons. The second-order valence-electron chi connectivity index (χ2n) is 7.55. The lowest BCUT2D eigenvalue weighted by molar-refractivity contribution is 0.342. The Morgan fingerprint density at radius 1 is 0.625 bits per heavy atom. The topological polar surface area (TPSA) is 40.5 Å². The van der Waals surface area contributed by atoms with Gasteiger partial charge in [-0.15, -0.1) is 0 Å². The average Bonchev–Trinajstić information content (AvgIpc) is 2.55. The molecule has 0 unspecified atom stereocenters. The molecule has 0 saturated heterocycles. The maximum absolute atomic E-state index is 10.1. The second-order valence-corrected chi connectivity index (χ2v) is 7.55. The number of aromatic hydroxyl groups is 2. The summed E-state index contributed by atoms with van der Waals surface area (Å²) in [4.78, 5) is 0. The number of aryl methyl sites for hydroxylation is 4. The van der Waals surface area contributed by atoms with Crippen LogP contribution in [0.4, 0.5) is 0 Å². The average molecular weight is 324 g/mol. The highest BCUT2D eigenvalue weighted by Crippen LogP contribution is 2.48. The van der Waals surface area contributed by atoms with Gasteiger partial charge in [-0.3, -0.25) is 0 Å². The zero-order chi connectivity index (χ0) is 17.5. The van der Waals surface area contributed by atoms with Crippen molar-refractivity contribution in [3.8, 4) is 11.5 Å². The lowest BCUT2D eigenvalue weighted by atomic mass is 9.63. The molecule has 0 amide bonds. The molecule has 2 aromatic carbocycles. The van der Waals surface area contributed by atoms with E-state index in [4.69, 9.17) is 0 Å². The minimum Gasteiger partial charge on any atom is -0.508 e. The number of phenols is 2. The number of hydrogen-bond acceptors (Lipinski definition) is 2. The SMILES string of the molecule is Cc1cc(C2(c3cc(C)c(O)cc3C)CCCCC2)c(C)cc1O. The molecule has 0 bridgehead atoms. The third-order valence-corrected chi connectivity index (χ3v) is 5.82. The van der Waals surface area contributed by atoms with Crippen molar-refractivity contribution in [2.45, 2.75) is 65.2 Å². The van der Waals surface area contributed by atoms with Gasteiger partial charge in [0.25, 0.3) is 0 Å². The van der Waals surface area contributed by atoms with Gasteiger partial charge < -0.3 is 10.2 Å². The molecule has 3 rings (SSSR count). The Hall–Kier alpha value is -1.96. The van der Waals surface area contributed by atoms with E-state index in [2.05, 4.69) is 26.0 Å². The van der Waals surface area contributed by atoms with Crippen molar-refractivity contribution in [1.82, 2.24) is 0 Å². The smallest absolute Gasteiger partial charge is 0.118 e. The standard InChI is InChI=1S/C22H28O2/c1-14-12-20(23)16(3)10-18(14)22(8-6-5-7-9-22)19-11-17(4)21(24)13-15(19)2/h10-13,23-24H,5-9H2,1-4H3. The fraction of sp³-hybridized carbons (Fsp3) is 0.455. The Morgan fingerprint density at radius 2 is 1.04 bits per heavy atom. The normalized spacial score (nSPS) is 17.0. The van der Waals surface area contributed by atoms with E-state index >= 15 is 0 Å². The number of rotatable bonds is 2. The van der Waals surface area contributed by atoms with Crippen molar-refractivity contribution in [3.05, 3.63) is 57.6 Å². The first-order valence-corrected chi connectivity index (χ1v) is 8.96. The minimum atomic E-state index is -0.0106. The molecule has 1 saturated carbocycles. The van der Waals surface area contributed by atoms with Crippen molar-refractivity contribution < 1.29 is 10.2 Å². The van der Waals surface area contributed by atoms with Crippen molar-refractivity contribution in [3.63, 3.8) is 0 Å². The van der Waals surface area contributed by atoms with Crippen LogP contribution in [0.5, 0.6) is 11.5 Å². The van der Waals surface area contributed by atoms with Gasteiger partial charge in [0, 0.05) is 5.41 Å².